The molecular formula is C73H133NO10. The molecule has 6 N–H and O–H groups in total. The van der Waals surface area contributed by atoms with Gasteiger partial charge in [-0.05, 0) is 83.5 Å². The number of carbonyl (C=O) groups excluding carboxylic acids is 2. The highest BCUT2D eigenvalue weighted by molar-refractivity contribution is 5.76. The number of hydrogen-bond donors (Lipinski definition) is 6. The molecule has 1 rings (SSSR count). The predicted octanol–water partition coefficient (Wildman–Crippen LogP) is 18.1. The molecule has 0 aromatic heterocycles. The van der Waals surface area contributed by atoms with Gasteiger partial charge < -0.3 is 45.1 Å². The molecule has 0 aromatic carbocycles. The Labute approximate surface area is 516 Å². The maximum Gasteiger partial charge on any atom is 0.305 e. The molecular weight excluding hydrogens is 1050 g/mol. The molecule has 0 aliphatic carbocycles. The van der Waals surface area contributed by atoms with Crippen LogP contribution in [0, 0.1) is 0 Å². The number of aliphatic hydroxyl groups is 5. The lowest BCUT2D eigenvalue weighted by molar-refractivity contribution is -0.302. The lowest BCUT2D eigenvalue weighted by atomic mass is 9.99. The van der Waals surface area contributed by atoms with E-state index in [9.17, 15) is 35.1 Å². The second kappa shape index (κ2) is 62.0. The molecule has 1 heterocycles. The van der Waals surface area contributed by atoms with Crippen molar-refractivity contribution in [3.8, 4) is 0 Å². The van der Waals surface area contributed by atoms with Crippen LogP contribution in [0.4, 0.5) is 0 Å². The number of aliphatic hydroxyl groups excluding tert-OH is 5. The van der Waals surface area contributed by atoms with E-state index in [4.69, 9.17) is 14.2 Å². The summed E-state index contributed by atoms with van der Waals surface area (Å²) >= 11 is 0. The SMILES string of the molecule is CCC/C=C/CC/C=C/CC/C=C/C(O)C(COC1OC(CO)C(O)C(O)C1O)NC(=O)CCCCCCCCCCCCCCCCCCC/C=C\C/C=C\CCCCCCCCCCCOC(=O)CCCCCCCCCCCCCC. The zero-order valence-electron chi connectivity index (χ0n) is 54.4. The lowest BCUT2D eigenvalue weighted by Crippen LogP contribution is -2.60. The summed E-state index contributed by atoms with van der Waals surface area (Å²) in [5.41, 5.74) is 0. The largest absolute Gasteiger partial charge is 0.466 e. The number of unbranched alkanes of at least 4 members (excludes halogenated alkanes) is 40. The molecule has 0 spiro atoms. The molecule has 11 heteroatoms. The van der Waals surface area contributed by atoms with Gasteiger partial charge in [-0.25, -0.2) is 0 Å². The van der Waals surface area contributed by atoms with Crippen LogP contribution in [0.15, 0.2) is 60.8 Å². The maximum absolute atomic E-state index is 13.0. The Bertz CT molecular complexity index is 1580. The van der Waals surface area contributed by atoms with Gasteiger partial charge in [0, 0.05) is 12.8 Å². The van der Waals surface area contributed by atoms with Crippen molar-refractivity contribution in [2.75, 3.05) is 19.8 Å². The van der Waals surface area contributed by atoms with Crippen LogP contribution in [-0.4, -0.2) is 100 Å². The Balaban J connectivity index is 1.95. The fourth-order valence-corrected chi connectivity index (χ4v) is 11.0. The average molecular weight is 1180 g/mol. The Morgan fingerprint density at radius 2 is 0.833 bits per heavy atom. The van der Waals surface area contributed by atoms with E-state index in [1.807, 2.05) is 6.08 Å². The van der Waals surface area contributed by atoms with E-state index in [0.717, 1.165) is 83.5 Å². The van der Waals surface area contributed by atoms with E-state index in [1.54, 1.807) is 6.08 Å². The lowest BCUT2D eigenvalue weighted by Gasteiger charge is -2.40. The van der Waals surface area contributed by atoms with Crippen molar-refractivity contribution >= 4 is 11.9 Å². The van der Waals surface area contributed by atoms with Crippen LogP contribution >= 0.6 is 0 Å². The van der Waals surface area contributed by atoms with Crippen molar-refractivity contribution in [1.82, 2.24) is 5.32 Å². The quantitative estimate of drug-likeness (QED) is 0.0195. The van der Waals surface area contributed by atoms with Gasteiger partial charge in [0.05, 0.1) is 32.0 Å². The van der Waals surface area contributed by atoms with Gasteiger partial charge in [0.2, 0.25) is 5.91 Å². The predicted molar refractivity (Wildman–Crippen MR) is 352 cm³/mol. The van der Waals surface area contributed by atoms with Gasteiger partial charge in [-0.15, -0.1) is 0 Å². The molecule has 84 heavy (non-hydrogen) atoms. The molecule has 0 saturated carbocycles. The number of nitrogens with one attached hydrogen (secondary N) is 1. The number of amides is 1. The smallest absolute Gasteiger partial charge is 0.305 e. The Hall–Kier alpha value is -2.64. The van der Waals surface area contributed by atoms with E-state index in [1.165, 1.54) is 218 Å². The second-order valence-corrected chi connectivity index (χ2v) is 24.6. The van der Waals surface area contributed by atoms with E-state index in [0.29, 0.717) is 19.4 Å². The van der Waals surface area contributed by atoms with E-state index in [2.05, 4.69) is 67.8 Å². The number of esters is 1. The van der Waals surface area contributed by atoms with Gasteiger partial charge in [-0.3, -0.25) is 9.59 Å². The molecule has 1 aliphatic heterocycles. The van der Waals surface area contributed by atoms with Crippen molar-refractivity contribution in [2.24, 2.45) is 0 Å². The van der Waals surface area contributed by atoms with E-state index >= 15 is 0 Å². The highest BCUT2D eigenvalue weighted by Gasteiger charge is 2.44. The van der Waals surface area contributed by atoms with Crippen molar-refractivity contribution < 1.29 is 49.3 Å². The molecule has 0 bridgehead atoms. The third-order valence-electron chi connectivity index (χ3n) is 16.6. The number of allylic oxidation sites excluding steroid dienone is 9. The normalized spacial score (nSPS) is 18.4. The summed E-state index contributed by atoms with van der Waals surface area (Å²) in [6.07, 6.45) is 72.3. The number of ether oxygens (including phenoxy) is 3. The van der Waals surface area contributed by atoms with Crippen LogP contribution in [-0.2, 0) is 23.8 Å². The van der Waals surface area contributed by atoms with Gasteiger partial charge in [0.25, 0.3) is 0 Å². The highest BCUT2D eigenvalue weighted by atomic mass is 16.7. The Morgan fingerprint density at radius 3 is 1.29 bits per heavy atom. The summed E-state index contributed by atoms with van der Waals surface area (Å²) in [7, 11) is 0. The first-order valence-electron chi connectivity index (χ1n) is 35.6. The monoisotopic (exact) mass is 1180 g/mol. The van der Waals surface area contributed by atoms with Gasteiger partial charge in [0.1, 0.15) is 24.4 Å². The molecule has 7 atom stereocenters. The highest BCUT2D eigenvalue weighted by Crippen LogP contribution is 2.23. The summed E-state index contributed by atoms with van der Waals surface area (Å²) in [6, 6.07) is -0.833. The van der Waals surface area contributed by atoms with Gasteiger partial charge in [0.15, 0.2) is 6.29 Å². The van der Waals surface area contributed by atoms with Crippen LogP contribution in [0.2, 0.25) is 0 Å². The van der Waals surface area contributed by atoms with Crippen molar-refractivity contribution in [3.05, 3.63) is 60.8 Å². The molecule has 1 fully saturated rings. The first-order chi connectivity index (χ1) is 41.2. The minimum atomic E-state index is -1.58. The first-order valence-corrected chi connectivity index (χ1v) is 35.6. The molecule has 11 nitrogen and oxygen atoms in total. The fourth-order valence-electron chi connectivity index (χ4n) is 11.0. The zero-order valence-corrected chi connectivity index (χ0v) is 54.4. The Morgan fingerprint density at radius 1 is 0.440 bits per heavy atom. The van der Waals surface area contributed by atoms with E-state index in [-0.39, 0.29) is 18.5 Å². The van der Waals surface area contributed by atoms with Gasteiger partial charge >= 0.3 is 5.97 Å². The van der Waals surface area contributed by atoms with Crippen LogP contribution in [0.3, 0.4) is 0 Å². The van der Waals surface area contributed by atoms with Crippen LogP contribution in [0.25, 0.3) is 0 Å². The van der Waals surface area contributed by atoms with Gasteiger partial charge in [-0.2, -0.15) is 0 Å². The summed E-state index contributed by atoms with van der Waals surface area (Å²) in [5, 5.41) is 54.3. The van der Waals surface area contributed by atoms with Crippen LogP contribution < -0.4 is 5.32 Å². The average Bonchev–Trinajstić information content (AvgIpc) is 3.27. The summed E-state index contributed by atoms with van der Waals surface area (Å²) in [5.74, 6) is -0.189. The molecule has 7 unspecified atom stereocenters. The maximum atomic E-state index is 13.0. The number of rotatable bonds is 62. The second-order valence-electron chi connectivity index (χ2n) is 24.6. The third-order valence-corrected chi connectivity index (χ3v) is 16.6. The fraction of sp³-hybridized carbons (Fsp3) is 0.836. The van der Waals surface area contributed by atoms with Crippen LogP contribution in [0.5, 0.6) is 0 Å². The van der Waals surface area contributed by atoms with Crippen LogP contribution in [0.1, 0.15) is 328 Å². The third kappa shape index (κ3) is 50.4. The summed E-state index contributed by atoms with van der Waals surface area (Å²) in [4.78, 5) is 25.1. The zero-order chi connectivity index (χ0) is 60.9. The molecule has 1 amide bonds. The standard InChI is InChI=1S/C73H133NO10/c1-3-5-7-9-11-13-15-41-45-49-53-57-61-69(78)82-62-58-54-50-46-42-38-36-34-32-30-28-26-24-22-20-18-16-17-19-21-23-25-27-29-31-33-35-37-40-44-48-52-56-60-68(77)74-65(64-83-73-72(81)71(80)70(79)67(63-75)84-73)66(76)59-55-51-47-43-39-14-12-10-8-6-4-2/h8,10,20,22,26,28,39,43,55,59,65-67,70-73,75-76,79-81H,3-7,9,11-19,21,23-25,27,29-38,40-42,44-54,56-58,60-64H2,1-2H3,(H,74,77)/b10-8+,22-20-,28-26-,43-39+,59-55+. The molecule has 0 aromatic rings. The summed E-state index contributed by atoms with van der Waals surface area (Å²) in [6.45, 7) is 4.27. The van der Waals surface area contributed by atoms with Crippen molar-refractivity contribution in [3.63, 3.8) is 0 Å². The van der Waals surface area contributed by atoms with Gasteiger partial charge in [-0.1, -0.05) is 293 Å². The minimum absolute atomic E-state index is 0.00704. The summed E-state index contributed by atoms with van der Waals surface area (Å²) < 4.78 is 16.7. The molecule has 0 radical (unpaired) electrons. The Kier molecular flexibility index (Phi) is 58.6. The first kappa shape index (κ1) is 79.4. The molecule has 1 aliphatic rings. The molecule has 490 valence electrons. The van der Waals surface area contributed by atoms with Crippen molar-refractivity contribution in [2.45, 2.75) is 371 Å². The number of hydrogen-bond acceptors (Lipinski definition) is 10. The number of carbonyl (C=O) groups is 2. The molecule has 1 saturated heterocycles. The minimum Gasteiger partial charge on any atom is -0.466 e. The topological polar surface area (TPSA) is 175 Å². The van der Waals surface area contributed by atoms with E-state index < -0.39 is 49.5 Å². The van der Waals surface area contributed by atoms with Crippen molar-refractivity contribution in [1.29, 1.82) is 0 Å².